The first-order chi connectivity index (χ1) is 17.0. The Balaban J connectivity index is 1.36. The Hall–Kier alpha value is -2.44. The maximum absolute atomic E-state index is 13.5. The molecule has 1 amide bonds. The number of halogens is 3. The number of anilines is 1. The van der Waals surface area contributed by atoms with Gasteiger partial charge in [-0.1, -0.05) is 11.6 Å². The molecule has 3 atom stereocenters. The number of fused-ring (bicyclic) bond motifs is 2. The Labute approximate surface area is 214 Å². The molecular formula is C24H21ClF2N2O5S2. The summed E-state index contributed by atoms with van der Waals surface area (Å²) >= 11 is 7.45. The first kappa shape index (κ1) is 25.2. The van der Waals surface area contributed by atoms with E-state index in [2.05, 4.69) is 10.3 Å². The fourth-order valence-corrected chi connectivity index (χ4v) is 8.38. The van der Waals surface area contributed by atoms with Crippen LogP contribution < -0.4 is 5.32 Å². The Morgan fingerprint density at radius 3 is 2.50 bits per heavy atom. The molecule has 0 radical (unpaired) electrons. The minimum Gasteiger partial charge on any atom is -0.386 e. The molecule has 0 saturated heterocycles. The van der Waals surface area contributed by atoms with Gasteiger partial charge in [0.25, 0.3) is 5.91 Å². The lowest BCUT2D eigenvalue weighted by molar-refractivity contribution is -0.233. The van der Waals surface area contributed by atoms with Crippen molar-refractivity contribution in [3.63, 3.8) is 0 Å². The van der Waals surface area contributed by atoms with E-state index in [9.17, 15) is 32.2 Å². The van der Waals surface area contributed by atoms with E-state index in [0.29, 0.717) is 11.4 Å². The molecule has 3 aromatic rings. The van der Waals surface area contributed by atoms with Gasteiger partial charge in [0.1, 0.15) is 16.7 Å². The maximum Gasteiger partial charge on any atom is 0.255 e. The SMILES string of the molecule is O=C(Nc1ccc(F)c(F)c1)c1ccc(Cl)c(S(=O)(=O)C2CC3CC(C2)C3(O)C(O)c2nccs2)c1. The molecule has 3 aliphatic carbocycles. The Kier molecular flexibility index (Phi) is 6.40. The van der Waals surface area contributed by atoms with Crippen molar-refractivity contribution in [1.82, 2.24) is 4.98 Å². The third-order valence-electron chi connectivity index (χ3n) is 7.21. The molecule has 3 saturated carbocycles. The van der Waals surface area contributed by atoms with Crippen molar-refractivity contribution in [3.05, 3.63) is 75.2 Å². The van der Waals surface area contributed by atoms with Crippen LogP contribution in [0, 0.1) is 23.5 Å². The molecule has 0 aliphatic heterocycles. The van der Waals surface area contributed by atoms with Crippen molar-refractivity contribution >= 4 is 44.4 Å². The summed E-state index contributed by atoms with van der Waals surface area (Å²) in [6.45, 7) is 0. The van der Waals surface area contributed by atoms with Crippen molar-refractivity contribution < 1.29 is 32.2 Å². The third-order valence-corrected chi connectivity index (χ3v) is 10.7. The number of aromatic nitrogens is 1. The number of benzene rings is 2. The molecule has 6 rings (SSSR count). The zero-order valence-electron chi connectivity index (χ0n) is 18.6. The number of thiazole rings is 1. The number of carbonyl (C=O) groups excluding carboxylic acids is 1. The molecule has 2 aromatic carbocycles. The summed E-state index contributed by atoms with van der Waals surface area (Å²) in [6, 6.07) is 6.64. The predicted octanol–water partition coefficient (Wildman–Crippen LogP) is 4.36. The summed E-state index contributed by atoms with van der Waals surface area (Å²) in [6.07, 6.45) is 1.18. The van der Waals surface area contributed by atoms with Gasteiger partial charge in [-0.3, -0.25) is 4.79 Å². The predicted molar refractivity (Wildman–Crippen MR) is 130 cm³/mol. The molecule has 3 N–H and O–H groups in total. The smallest absolute Gasteiger partial charge is 0.255 e. The normalized spacial score (nSPS) is 26.2. The number of carbonyl (C=O) groups is 1. The van der Waals surface area contributed by atoms with Gasteiger partial charge in [-0.25, -0.2) is 22.2 Å². The quantitative estimate of drug-likeness (QED) is 0.417. The van der Waals surface area contributed by atoms with Crippen molar-refractivity contribution in [2.45, 2.75) is 41.1 Å². The van der Waals surface area contributed by atoms with E-state index in [-0.39, 0.29) is 34.0 Å². The second-order valence-electron chi connectivity index (χ2n) is 9.16. The minimum atomic E-state index is -3.99. The van der Waals surface area contributed by atoms with Gasteiger partial charge in [0.2, 0.25) is 0 Å². The van der Waals surface area contributed by atoms with Gasteiger partial charge in [0.05, 0.1) is 15.2 Å². The zero-order chi connectivity index (χ0) is 25.8. The topological polar surface area (TPSA) is 117 Å². The van der Waals surface area contributed by atoms with Gasteiger partial charge < -0.3 is 15.5 Å². The highest BCUT2D eigenvalue weighted by atomic mass is 35.5. The fourth-order valence-electron chi connectivity index (χ4n) is 5.28. The standard InChI is InChI=1S/C24H21ClF2N2O5S2/c25-17-3-1-12(22(31)29-15-2-4-18(26)19(27)11-15)7-20(17)36(33,34)16-9-13-8-14(10-16)24(13,32)21(30)23-28-5-6-35-23/h1-7,11,13-14,16,21,30,32H,8-10H2,(H,29,31). The van der Waals surface area contributed by atoms with Crippen LogP contribution >= 0.6 is 22.9 Å². The molecule has 36 heavy (non-hydrogen) atoms. The van der Waals surface area contributed by atoms with Gasteiger partial charge in [-0.05, 0) is 61.4 Å². The second-order valence-corrected chi connectivity index (χ2v) is 12.7. The second kappa shape index (κ2) is 9.14. The summed E-state index contributed by atoms with van der Waals surface area (Å²) in [5, 5.41) is 25.5. The number of hydrogen-bond donors (Lipinski definition) is 3. The molecule has 7 nitrogen and oxygen atoms in total. The first-order valence-corrected chi connectivity index (χ1v) is 13.9. The van der Waals surface area contributed by atoms with Crippen LogP contribution in [0.5, 0.6) is 0 Å². The maximum atomic E-state index is 13.5. The van der Waals surface area contributed by atoms with Crippen LogP contribution in [0.15, 0.2) is 52.9 Å². The van der Waals surface area contributed by atoms with E-state index >= 15 is 0 Å². The van der Waals surface area contributed by atoms with Crippen LogP contribution in [0.2, 0.25) is 5.02 Å². The van der Waals surface area contributed by atoms with Crippen molar-refractivity contribution in [2.75, 3.05) is 5.32 Å². The van der Waals surface area contributed by atoms with Gasteiger partial charge in [0, 0.05) is 28.9 Å². The Morgan fingerprint density at radius 2 is 1.86 bits per heavy atom. The zero-order valence-corrected chi connectivity index (χ0v) is 21.0. The number of aliphatic hydroxyl groups excluding tert-OH is 1. The lowest BCUT2D eigenvalue weighted by Crippen LogP contribution is -2.64. The van der Waals surface area contributed by atoms with E-state index in [4.69, 9.17) is 11.6 Å². The molecule has 3 fully saturated rings. The van der Waals surface area contributed by atoms with Gasteiger partial charge >= 0.3 is 0 Å². The lowest BCUT2D eigenvalue weighted by atomic mass is 9.52. The highest BCUT2D eigenvalue weighted by molar-refractivity contribution is 7.92. The van der Waals surface area contributed by atoms with Gasteiger partial charge in [-0.2, -0.15) is 0 Å². The third kappa shape index (κ3) is 4.12. The van der Waals surface area contributed by atoms with Gasteiger partial charge in [-0.15, -0.1) is 11.3 Å². The summed E-state index contributed by atoms with van der Waals surface area (Å²) in [7, 11) is -3.99. The number of hydrogen-bond acceptors (Lipinski definition) is 7. The number of amides is 1. The largest absolute Gasteiger partial charge is 0.386 e. The Morgan fingerprint density at radius 1 is 1.14 bits per heavy atom. The summed E-state index contributed by atoms with van der Waals surface area (Å²) in [5.74, 6) is -3.80. The molecule has 3 unspecified atom stereocenters. The minimum absolute atomic E-state index is 0.00343. The van der Waals surface area contributed by atoms with Crippen molar-refractivity contribution in [3.8, 4) is 0 Å². The monoisotopic (exact) mass is 554 g/mol. The summed E-state index contributed by atoms with van der Waals surface area (Å²) in [5.41, 5.74) is -1.47. The average Bonchev–Trinajstić information content (AvgIpc) is 3.40. The molecule has 2 bridgehead atoms. The van der Waals surface area contributed by atoms with Crippen LogP contribution in [-0.4, -0.2) is 40.4 Å². The van der Waals surface area contributed by atoms with Crippen LogP contribution in [0.3, 0.4) is 0 Å². The molecule has 1 heterocycles. The number of sulfone groups is 1. The van der Waals surface area contributed by atoms with Crippen molar-refractivity contribution in [2.24, 2.45) is 11.8 Å². The van der Waals surface area contributed by atoms with Gasteiger partial charge in [0.15, 0.2) is 21.5 Å². The molecule has 3 aliphatic rings. The molecule has 0 spiro atoms. The summed E-state index contributed by atoms with van der Waals surface area (Å²) in [4.78, 5) is 16.5. The molecular weight excluding hydrogens is 534 g/mol. The van der Waals surface area contributed by atoms with Crippen molar-refractivity contribution in [1.29, 1.82) is 0 Å². The number of rotatable bonds is 6. The molecule has 1 aromatic heterocycles. The summed E-state index contributed by atoms with van der Waals surface area (Å²) < 4.78 is 53.7. The fraction of sp³-hybridized carbons (Fsp3) is 0.333. The highest BCUT2D eigenvalue weighted by Gasteiger charge is 2.64. The van der Waals surface area contributed by atoms with Crippen LogP contribution in [0.25, 0.3) is 0 Å². The van der Waals surface area contributed by atoms with E-state index in [1.807, 2.05) is 0 Å². The van der Waals surface area contributed by atoms with E-state index in [1.165, 1.54) is 35.7 Å². The number of nitrogens with zero attached hydrogens (tertiary/aromatic N) is 1. The first-order valence-electron chi connectivity index (χ1n) is 11.1. The van der Waals surface area contributed by atoms with E-state index in [1.54, 1.807) is 5.38 Å². The van der Waals surface area contributed by atoms with Crippen LogP contribution in [0.4, 0.5) is 14.5 Å². The van der Waals surface area contributed by atoms with E-state index < -0.39 is 56.2 Å². The average molecular weight is 555 g/mol. The molecule has 190 valence electrons. The highest BCUT2D eigenvalue weighted by Crippen LogP contribution is 2.60. The lowest BCUT2D eigenvalue weighted by Gasteiger charge is -2.59. The number of nitrogens with one attached hydrogen (secondary N) is 1. The molecule has 12 heteroatoms. The van der Waals surface area contributed by atoms with Crippen LogP contribution in [0.1, 0.15) is 40.7 Å². The van der Waals surface area contributed by atoms with E-state index in [0.717, 1.165) is 18.2 Å². The van der Waals surface area contributed by atoms with Crippen LogP contribution in [-0.2, 0) is 9.84 Å². The number of aliphatic hydroxyl groups is 2. The Bertz CT molecular complexity index is 1420.